The van der Waals surface area contributed by atoms with Crippen LogP contribution >= 0.6 is 0 Å². The first-order chi connectivity index (χ1) is 11.1. The fourth-order valence-electron chi connectivity index (χ4n) is 2.49. The van der Waals surface area contributed by atoms with Crippen molar-refractivity contribution >= 4 is 15.7 Å². The first kappa shape index (κ1) is 14.4. The zero-order valence-electron chi connectivity index (χ0n) is 12.4. The molecular formula is C15H17N3O4S. The van der Waals surface area contributed by atoms with Gasteiger partial charge < -0.3 is 9.47 Å². The number of ether oxygens (including phenoxy) is 2. The number of hydrogen-bond donors (Lipinski definition) is 1. The first-order valence-corrected chi connectivity index (χ1v) is 9.03. The first-order valence-electron chi connectivity index (χ1n) is 7.55. The molecule has 1 aliphatic carbocycles. The van der Waals surface area contributed by atoms with E-state index in [1.165, 1.54) is 31.2 Å². The van der Waals surface area contributed by atoms with Gasteiger partial charge in [-0.15, -0.1) is 0 Å². The average molecular weight is 335 g/mol. The SMILES string of the molecule is O=S(=O)(Nc1cnn(CC2CC2)c1)c1ccc2c(c1)OCCO2. The van der Waals surface area contributed by atoms with Crippen LogP contribution in [0.1, 0.15) is 12.8 Å². The third-order valence-corrected chi connectivity index (χ3v) is 5.23. The Morgan fingerprint density at radius 3 is 2.78 bits per heavy atom. The summed E-state index contributed by atoms with van der Waals surface area (Å²) in [5.41, 5.74) is 0.459. The summed E-state index contributed by atoms with van der Waals surface area (Å²) in [6.45, 7) is 1.72. The highest BCUT2D eigenvalue weighted by atomic mass is 32.2. The molecule has 1 aliphatic heterocycles. The highest BCUT2D eigenvalue weighted by molar-refractivity contribution is 7.92. The molecule has 23 heavy (non-hydrogen) atoms. The Kier molecular flexibility index (Phi) is 3.41. The van der Waals surface area contributed by atoms with Gasteiger partial charge in [0.25, 0.3) is 10.0 Å². The molecule has 8 heteroatoms. The van der Waals surface area contributed by atoms with E-state index in [0.717, 1.165) is 6.54 Å². The van der Waals surface area contributed by atoms with Crippen molar-refractivity contribution in [2.24, 2.45) is 5.92 Å². The van der Waals surface area contributed by atoms with E-state index < -0.39 is 10.0 Å². The predicted octanol–water partition coefficient (Wildman–Crippen LogP) is 1.87. The van der Waals surface area contributed by atoms with E-state index in [1.807, 2.05) is 0 Å². The van der Waals surface area contributed by atoms with Crippen LogP contribution in [0.5, 0.6) is 11.5 Å². The lowest BCUT2D eigenvalue weighted by molar-refractivity contribution is 0.171. The fraction of sp³-hybridized carbons (Fsp3) is 0.400. The Morgan fingerprint density at radius 2 is 2.00 bits per heavy atom. The lowest BCUT2D eigenvalue weighted by atomic mass is 10.3. The lowest BCUT2D eigenvalue weighted by Gasteiger charge is -2.18. The maximum Gasteiger partial charge on any atom is 0.262 e. The van der Waals surface area contributed by atoms with Gasteiger partial charge in [-0.3, -0.25) is 9.40 Å². The van der Waals surface area contributed by atoms with E-state index in [9.17, 15) is 8.42 Å². The summed E-state index contributed by atoms with van der Waals surface area (Å²) in [6.07, 6.45) is 5.68. The summed E-state index contributed by atoms with van der Waals surface area (Å²) in [7, 11) is -3.69. The van der Waals surface area contributed by atoms with Crippen LogP contribution in [0.25, 0.3) is 0 Å². The molecule has 0 radical (unpaired) electrons. The van der Waals surface area contributed by atoms with Crippen molar-refractivity contribution < 1.29 is 17.9 Å². The monoisotopic (exact) mass is 335 g/mol. The second-order valence-corrected chi connectivity index (χ2v) is 7.49. The number of benzene rings is 1. The van der Waals surface area contributed by atoms with E-state index in [4.69, 9.17) is 9.47 Å². The van der Waals surface area contributed by atoms with Crippen LogP contribution in [0.3, 0.4) is 0 Å². The summed E-state index contributed by atoms with van der Waals surface area (Å²) < 4.78 is 40.1. The minimum Gasteiger partial charge on any atom is -0.486 e. The molecule has 1 aromatic heterocycles. The van der Waals surface area contributed by atoms with Crippen LogP contribution in [0.15, 0.2) is 35.5 Å². The number of rotatable bonds is 5. The van der Waals surface area contributed by atoms with Gasteiger partial charge in [0, 0.05) is 18.8 Å². The Labute approximate surface area is 134 Å². The smallest absolute Gasteiger partial charge is 0.262 e. The molecule has 1 fully saturated rings. The van der Waals surface area contributed by atoms with Crippen LogP contribution in [-0.4, -0.2) is 31.4 Å². The number of sulfonamides is 1. The van der Waals surface area contributed by atoms with Crippen molar-refractivity contribution in [3.05, 3.63) is 30.6 Å². The molecule has 0 atom stereocenters. The van der Waals surface area contributed by atoms with Gasteiger partial charge in [-0.25, -0.2) is 8.42 Å². The van der Waals surface area contributed by atoms with Gasteiger partial charge in [0.2, 0.25) is 0 Å². The molecule has 2 aromatic rings. The van der Waals surface area contributed by atoms with Crippen LogP contribution in [0.2, 0.25) is 0 Å². The number of nitrogens with one attached hydrogen (secondary N) is 1. The van der Waals surface area contributed by atoms with E-state index in [1.54, 1.807) is 16.9 Å². The molecule has 1 aromatic carbocycles. The van der Waals surface area contributed by atoms with Crippen molar-refractivity contribution in [3.8, 4) is 11.5 Å². The predicted molar refractivity (Wildman–Crippen MR) is 83.2 cm³/mol. The fourth-order valence-corrected chi connectivity index (χ4v) is 3.53. The summed E-state index contributed by atoms with van der Waals surface area (Å²) in [5.74, 6) is 1.69. The molecule has 0 spiro atoms. The Balaban J connectivity index is 1.53. The summed E-state index contributed by atoms with van der Waals surface area (Å²) >= 11 is 0. The van der Waals surface area contributed by atoms with Crippen molar-refractivity contribution in [1.82, 2.24) is 9.78 Å². The number of hydrogen-bond acceptors (Lipinski definition) is 5. The van der Waals surface area contributed by atoms with Crippen molar-refractivity contribution in [2.75, 3.05) is 17.9 Å². The highest BCUT2D eigenvalue weighted by Crippen LogP contribution is 2.33. The van der Waals surface area contributed by atoms with Crippen LogP contribution < -0.4 is 14.2 Å². The quantitative estimate of drug-likeness (QED) is 0.902. The highest BCUT2D eigenvalue weighted by Gasteiger charge is 2.23. The normalized spacial score (nSPS) is 17.0. The maximum atomic E-state index is 12.5. The summed E-state index contributed by atoms with van der Waals surface area (Å²) in [5, 5.41) is 4.19. The molecule has 122 valence electrons. The van der Waals surface area contributed by atoms with Gasteiger partial charge in [0.05, 0.1) is 16.8 Å². The van der Waals surface area contributed by atoms with Crippen molar-refractivity contribution in [3.63, 3.8) is 0 Å². The van der Waals surface area contributed by atoms with Gasteiger partial charge >= 0.3 is 0 Å². The molecule has 1 N–H and O–H groups in total. The van der Waals surface area contributed by atoms with Crippen LogP contribution in [0, 0.1) is 5.92 Å². The van der Waals surface area contributed by atoms with Gasteiger partial charge in [0.1, 0.15) is 13.2 Å². The molecular weight excluding hydrogens is 318 g/mol. The minimum atomic E-state index is -3.69. The van der Waals surface area contributed by atoms with E-state index in [0.29, 0.717) is 36.3 Å². The van der Waals surface area contributed by atoms with Gasteiger partial charge in [-0.05, 0) is 30.9 Å². The molecule has 1 saturated carbocycles. The van der Waals surface area contributed by atoms with Crippen LogP contribution in [-0.2, 0) is 16.6 Å². The largest absolute Gasteiger partial charge is 0.486 e. The second-order valence-electron chi connectivity index (χ2n) is 5.81. The number of fused-ring (bicyclic) bond motifs is 1. The Bertz CT molecular complexity index is 827. The van der Waals surface area contributed by atoms with Gasteiger partial charge in [-0.1, -0.05) is 0 Å². The summed E-state index contributed by atoms with van der Waals surface area (Å²) in [4.78, 5) is 0.136. The summed E-state index contributed by atoms with van der Waals surface area (Å²) in [6, 6.07) is 4.59. The Morgan fingerprint density at radius 1 is 1.22 bits per heavy atom. The zero-order chi connectivity index (χ0) is 15.9. The van der Waals surface area contributed by atoms with Crippen LogP contribution in [0.4, 0.5) is 5.69 Å². The maximum absolute atomic E-state index is 12.5. The number of anilines is 1. The topological polar surface area (TPSA) is 82.5 Å². The molecule has 2 aliphatic rings. The minimum absolute atomic E-state index is 0.136. The molecule has 0 saturated heterocycles. The van der Waals surface area contributed by atoms with Crippen molar-refractivity contribution in [2.45, 2.75) is 24.3 Å². The third-order valence-electron chi connectivity index (χ3n) is 3.85. The van der Waals surface area contributed by atoms with Crippen molar-refractivity contribution in [1.29, 1.82) is 0 Å². The molecule has 7 nitrogen and oxygen atoms in total. The average Bonchev–Trinajstić information content (AvgIpc) is 3.25. The van der Waals surface area contributed by atoms with E-state index in [-0.39, 0.29) is 4.90 Å². The molecule has 0 bridgehead atoms. The van der Waals surface area contributed by atoms with Gasteiger partial charge in [-0.2, -0.15) is 5.10 Å². The molecule has 4 rings (SSSR count). The molecule has 2 heterocycles. The second kappa shape index (κ2) is 5.45. The zero-order valence-corrected chi connectivity index (χ0v) is 13.3. The molecule has 0 unspecified atom stereocenters. The Hall–Kier alpha value is -2.22. The lowest BCUT2D eigenvalue weighted by Crippen LogP contribution is -2.17. The van der Waals surface area contributed by atoms with Gasteiger partial charge in [0.15, 0.2) is 11.5 Å². The third kappa shape index (κ3) is 3.12. The standard InChI is InChI=1S/C15H17N3O4S/c19-23(20,13-3-4-14-15(7-13)22-6-5-21-14)17-12-8-16-18(10-12)9-11-1-2-11/h3-4,7-8,10-11,17H,1-2,5-6,9H2. The number of aromatic nitrogens is 2. The van der Waals surface area contributed by atoms with E-state index in [2.05, 4.69) is 9.82 Å². The number of nitrogens with zero attached hydrogens (tertiary/aromatic N) is 2. The molecule has 0 amide bonds. The van der Waals surface area contributed by atoms with E-state index >= 15 is 0 Å².